The summed E-state index contributed by atoms with van der Waals surface area (Å²) in [4.78, 5) is 12.2. The monoisotopic (exact) mass is 399 g/mol. The zero-order chi connectivity index (χ0) is 21.1. The van der Waals surface area contributed by atoms with Gasteiger partial charge in [0.1, 0.15) is 12.4 Å². The third-order valence-corrected chi connectivity index (χ3v) is 5.38. The molecule has 0 fully saturated rings. The van der Waals surface area contributed by atoms with Gasteiger partial charge in [-0.3, -0.25) is 0 Å². The molecule has 4 heteroatoms. The summed E-state index contributed by atoms with van der Waals surface area (Å²) in [6.07, 6.45) is -0.501. The molecule has 0 heterocycles. The average Bonchev–Trinajstić information content (AvgIpc) is 3.05. The lowest BCUT2D eigenvalue weighted by Crippen LogP contribution is -2.26. The Hall–Kier alpha value is -3.58. The second kappa shape index (κ2) is 8.42. The summed E-state index contributed by atoms with van der Waals surface area (Å²) in [5, 5.41) is 2.67. The molecule has 3 nitrogen and oxygen atoms in total. The van der Waals surface area contributed by atoms with Crippen molar-refractivity contribution in [3.8, 4) is 23.0 Å². The molecule has 1 amide bonds. The van der Waals surface area contributed by atoms with Crippen LogP contribution in [-0.4, -0.2) is 19.2 Å². The van der Waals surface area contributed by atoms with Crippen molar-refractivity contribution < 1.29 is 13.9 Å². The zero-order valence-corrected chi connectivity index (χ0v) is 17.0. The van der Waals surface area contributed by atoms with Gasteiger partial charge in [-0.15, -0.1) is 0 Å². The van der Waals surface area contributed by atoms with Gasteiger partial charge in [0.25, 0.3) is 0 Å². The van der Waals surface area contributed by atoms with Gasteiger partial charge in [-0.05, 0) is 59.4 Å². The van der Waals surface area contributed by atoms with Crippen LogP contribution in [0.1, 0.15) is 33.7 Å². The molecule has 3 aromatic rings. The van der Waals surface area contributed by atoms with E-state index < -0.39 is 6.09 Å². The number of amides is 1. The van der Waals surface area contributed by atoms with E-state index in [0.29, 0.717) is 0 Å². The molecule has 1 aliphatic carbocycles. The van der Waals surface area contributed by atoms with Crippen molar-refractivity contribution in [2.24, 2.45) is 0 Å². The maximum Gasteiger partial charge on any atom is 0.407 e. The van der Waals surface area contributed by atoms with Gasteiger partial charge in [-0.25, -0.2) is 9.18 Å². The van der Waals surface area contributed by atoms with Crippen molar-refractivity contribution in [2.45, 2.75) is 19.8 Å². The molecule has 0 unspecified atom stereocenters. The number of rotatable bonds is 3. The molecule has 0 radical (unpaired) electrons. The van der Waals surface area contributed by atoms with Gasteiger partial charge in [0.05, 0.1) is 6.54 Å². The first-order valence-corrected chi connectivity index (χ1v) is 9.89. The number of hydrogen-bond donors (Lipinski definition) is 1. The molecule has 30 heavy (non-hydrogen) atoms. The third-order valence-electron chi connectivity index (χ3n) is 5.38. The number of hydrogen-bond acceptors (Lipinski definition) is 2. The summed E-state index contributed by atoms with van der Waals surface area (Å²) >= 11 is 0. The van der Waals surface area contributed by atoms with E-state index in [1.54, 1.807) is 0 Å². The van der Waals surface area contributed by atoms with E-state index in [-0.39, 0.29) is 24.9 Å². The van der Waals surface area contributed by atoms with Crippen LogP contribution in [0.5, 0.6) is 0 Å². The van der Waals surface area contributed by atoms with Crippen molar-refractivity contribution in [1.82, 2.24) is 5.32 Å². The summed E-state index contributed by atoms with van der Waals surface area (Å²) < 4.78 is 18.9. The van der Waals surface area contributed by atoms with Gasteiger partial charge in [0.15, 0.2) is 0 Å². The molecule has 0 bridgehead atoms. The van der Waals surface area contributed by atoms with Crippen molar-refractivity contribution in [3.63, 3.8) is 0 Å². The number of aryl methyl sites for hydroxylation is 2. The molecule has 0 aromatic heterocycles. The maximum atomic E-state index is 13.4. The average molecular weight is 399 g/mol. The molecular weight excluding hydrogens is 377 g/mol. The quantitative estimate of drug-likeness (QED) is 0.605. The lowest BCUT2D eigenvalue weighted by Gasteiger charge is -2.14. The van der Waals surface area contributed by atoms with Crippen LogP contribution in [0.4, 0.5) is 9.18 Å². The van der Waals surface area contributed by atoms with E-state index >= 15 is 0 Å². The van der Waals surface area contributed by atoms with E-state index in [1.807, 2.05) is 38.1 Å². The number of ether oxygens (including phenoxy) is 1. The Balaban J connectivity index is 1.37. The van der Waals surface area contributed by atoms with Gasteiger partial charge in [-0.2, -0.15) is 0 Å². The highest BCUT2D eigenvalue weighted by Gasteiger charge is 2.28. The fourth-order valence-electron chi connectivity index (χ4n) is 4.01. The largest absolute Gasteiger partial charge is 0.449 e. The molecular formula is C26H22FNO2. The molecule has 0 saturated carbocycles. The molecule has 0 spiro atoms. The van der Waals surface area contributed by atoms with Crippen LogP contribution in [-0.2, 0) is 4.74 Å². The summed E-state index contributed by atoms with van der Waals surface area (Å²) in [7, 11) is 0. The van der Waals surface area contributed by atoms with E-state index in [0.717, 1.165) is 16.7 Å². The molecule has 0 atom stereocenters. The first-order valence-electron chi connectivity index (χ1n) is 9.89. The Bertz CT molecular complexity index is 1100. The molecule has 4 rings (SSSR count). The van der Waals surface area contributed by atoms with Crippen LogP contribution in [0.2, 0.25) is 0 Å². The van der Waals surface area contributed by atoms with Gasteiger partial charge < -0.3 is 10.1 Å². The number of fused-ring (bicyclic) bond motifs is 3. The Morgan fingerprint density at radius 2 is 1.57 bits per heavy atom. The summed E-state index contributed by atoms with van der Waals surface area (Å²) in [5.74, 6) is 5.66. The van der Waals surface area contributed by atoms with Crippen LogP contribution in [0.3, 0.4) is 0 Å². The minimum Gasteiger partial charge on any atom is -0.449 e. The van der Waals surface area contributed by atoms with E-state index in [9.17, 15) is 9.18 Å². The zero-order valence-electron chi connectivity index (χ0n) is 17.0. The van der Waals surface area contributed by atoms with E-state index in [2.05, 4.69) is 41.4 Å². The Kier molecular flexibility index (Phi) is 5.54. The summed E-state index contributed by atoms with van der Waals surface area (Å²) in [6.45, 7) is 4.06. The number of nitrogens with one attached hydrogen (secondary N) is 1. The lowest BCUT2D eigenvalue weighted by molar-refractivity contribution is 0.144. The first kappa shape index (κ1) is 19.7. The minimum atomic E-state index is -0.501. The molecule has 150 valence electrons. The Labute approximate surface area is 175 Å². The number of benzene rings is 3. The van der Waals surface area contributed by atoms with Crippen LogP contribution in [0.25, 0.3) is 11.1 Å². The Morgan fingerprint density at radius 1 is 1.00 bits per heavy atom. The first-order chi connectivity index (χ1) is 14.5. The van der Waals surface area contributed by atoms with Crippen molar-refractivity contribution in [3.05, 3.63) is 94.3 Å². The van der Waals surface area contributed by atoms with Gasteiger partial charge in [0.2, 0.25) is 0 Å². The number of carbonyl (C=O) groups is 1. The third kappa shape index (κ3) is 3.92. The molecule has 1 N–H and O–H groups in total. The van der Waals surface area contributed by atoms with Crippen LogP contribution < -0.4 is 5.32 Å². The number of alkyl carbamates (subject to hydrolysis) is 1. The maximum absolute atomic E-state index is 13.4. The van der Waals surface area contributed by atoms with E-state index in [4.69, 9.17) is 4.74 Å². The van der Waals surface area contributed by atoms with Crippen LogP contribution >= 0.6 is 0 Å². The topological polar surface area (TPSA) is 38.3 Å². The van der Waals surface area contributed by atoms with Crippen LogP contribution in [0.15, 0.2) is 60.7 Å². The van der Waals surface area contributed by atoms with Crippen molar-refractivity contribution in [2.75, 3.05) is 13.2 Å². The predicted molar refractivity (Wildman–Crippen MR) is 116 cm³/mol. The fraction of sp³-hybridized carbons (Fsp3) is 0.192. The lowest BCUT2D eigenvalue weighted by atomic mass is 9.98. The highest BCUT2D eigenvalue weighted by Crippen LogP contribution is 2.44. The SMILES string of the molecule is Cc1cc(F)cc(C)c1C#CCNC(=O)OCC1c2ccccc2-c2ccccc21. The van der Waals surface area contributed by atoms with Gasteiger partial charge in [0, 0.05) is 11.5 Å². The van der Waals surface area contributed by atoms with E-state index in [1.165, 1.54) is 34.4 Å². The fourth-order valence-corrected chi connectivity index (χ4v) is 4.01. The van der Waals surface area contributed by atoms with Crippen molar-refractivity contribution in [1.29, 1.82) is 0 Å². The molecule has 0 aliphatic heterocycles. The summed E-state index contributed by atoms with van der Waals surface area (Å²) in [5.41, 5.74) is 7.08. The smallest absolute Gasteiger partial charge is 0.407 e. The van der Waals surface area contributed by atoms with Crippen molar-refractivity contribution >= 4 is 6.09 Å². The summed E-state index contributed by atoms with van der Waals surface area (Å²) in [6, 6.07) is 19.3. The molecule has 1 aliphatic rings. The van der Waals surface area contributed by atoms with Gasteiger partial charge in [-0.1, -0.05) is 60.4 Å². The minimum absolute atomic E-state index is 0.0266. The predicted octanol–water partition coefficient (Wildman–Crippen LogP) is 5.33. The van der Waals surface area contributed by atoms with Crippen LogP contribution in [0, 0.1) is 31.5 Å². The standard InChI is InChI=1S/C26H22FNO2/c1-17-14-19(27)15-18(2)20(17)12-7-13-28-26(29)30-16-25-23-10-5-3-8-21(23)22-9-4-6-11-24(22)25/h3-6,8-11,14-15,25H,13,16H2,1-2H3,(H,28,29). The van der Waals surface area contributed by atoms with Gasteiger partial charge >= 0.3 is 6.09 Å². The molecule has 3 aromatic carbocycles. The second-order valence-corrected chi connectivity index (χ2v) is 7.40. The molecule has 0 saturated heterocycles. The normalized spacial score (nSPS) is 11.8. The highest BCUT2D eigenvalue weighted by molar-refractivity contribution is 5.79. The number of carbonyl (C=O) groups excluding carboxylic acids is 1. The highest BCUT2D eigenvalue weighted by atomic mass is 19.1. The second-order valence-electron chi connectivity index (χ2n) is 7.40. The number of halogens is 1. The Morgan fingerprint density at radius 3 is 2.17 bits per heavy atom.